The summed E-state index contributed by atoms with van der Waals surface area (Å²) in [5, 5.41) is 3.43. The van der Waals surface area contributed by atoms with Gasteiger partial charge in [-0.2, -0.15) is 0 Å². The lowest BCUT2D eigenvalue weighted by Crippen LogP contribution is -2.36. The van der Waals surface area contributed by atoms with E-state index in [1.807, 2.05) is 13.8 Å². The predicted molar refractivity (Wildman–Crippen MR) is 70.1 cm³/mol. The van der Waals surface area contributed by atoms with Gasteiger partial charge in [-0.3, -0.25) is 0 Å². The van der Waals surface area contributed by atoms with Crippen LogP contribution in [-0.4, -0.2) is 36.0 Å². The first-order valence-corrected chi connectivity index (χ1v) is 6.54. The van der Waals surface area contributed by atoms with Crippen LogP contribution in [0.4, 0.5) is 0 Å². The molecule has 1 aromatic heterocycles. The molecule has 0 saturated heterocycles. The molecule has 1 rings (SSSR count). The quantitative estimate of drug-likeness (QED) is 0.681. The number of nitrogens with zero attached hydrogens (tertiary/aromatic N) is 2. The topological polar surface area (TPSA) is 56.3 Å². The Balaban J connectivity index is 2.80. The van der Waals surface area contributed by atoms with Crippen LogP contribution in [0.3, 0.4) is 0 Å². The van der Waals surface area contributed by atoms with E-state index in [0.717, 1.165) is 18.5 Å². The average molecular weight is 253 g/mol. The van der Waals surface area contributed by atoms with Crippen molar-refractivity contribution in [3.63, 3.8) is 0 Å². The highest BCUT2D eigenvalue weighted by Gasteiger charge is 2.23. The van der Waals surface area contributed by atoms with Crippen LogP contribution in [0.25, 0.3) is 0 Å². The Morgan fingerprint density at radius 1 is 1.11 bits per heavy atom. The van der Waals surface area contributed by atoms with Gasteiger partial charge >= 0.3 is 0 Å². The van der Waals surface area contributed by atoms with Gasteiger partial charge in [0.15, 0.2) is 6.29 Å². The van der Waals surface area contributed by atoms with Crippen LogP contribution in [0, 0.1) is 0 Å². The summed E-state index contributed by atoms with van der Waals surface area (Å²) in [6, 6.07) is -0.0361. The average Bonchev–Trinajstić information content (AvgIpc) is 2.41. The van der Waals surface area contributed by atoms with Gasteiger partial charge < -0.3 is 14.8 Å². The van der Waals surface area contributed by atoms with E-state index >= 15 is 0 Å². The zero-order valence-electron chi connectivity index (χ0n) is 11.4. The molecule has 0 fully saturated rings. The fourth-order valence-corrected chi connectivity index (χ4v) is 1.71. The number of hydrogen-bond acceptors (Lipinski definition) is 5. The molecule has 1 heterocycles. The normalized spacial score (nSPS) is 12.9. The molecule has 1 aromatic rings. The van der Waals surface area contributed by atoms with Gasteiger partial charge in [-0.05, 0) is 26.8 Å². The number of hydrogen-bond donors (Lipinski definition) is 1. The molecule has 0 radical (unpaired) electrons. The Morgan fingerprint density at radius 3 is 2.22 bits per heavy atom. The van der Waals surface area contributed by atoms with Crippen LogP contribution in [0.1, 0.15) is 38.8 Å². The molecule has 18 heavy (non-hydrogen) atoms. The van der Waals surface area contributed by atoms with Crippen LogP contribution >= 0.6 is 0 Å². The molecule has 0 bridgehead atoms. The van der Waals surface area contributed by atoms with E-state index in [0.29, 0.717) is 13.2 Å². The smallest absolute Gasteiger partial charge is 0.176 e. The summed E-state index contributed by atoms with van der Waals surface area (Å²) in [5.41, 5.74) is 0.984. The summed E-state index contributed by atoms with van der Waals surface area (Å²) in [5.74, 6) is 0. The molecule has 1 unspecified atom stereocenters. The molecule has 0 saturated carbocycles. The van der Waals surface area contributed by atoms with Gasteiger partial charge in [-0.1, -0.05) is 6.92 Å². The van der Waals surface area contributed by atoms with Crippen molar-refractivity contribution >= 4 is 0 Å². The van der Waals surface area contributed by atoms with Crippen molar-refractivity contribution in [2.24, 2.45) is 0 Å². The third kappa shape index (κ3) is 4.68. The highest BCUT2D eigenvalue weighted by atomic mass is 16.7. The SMILES string of the molecule is CCCNC(c1cncnc1)C(OCC)OCC. The highest BCUT2D eigenvalue weighted by molar-refractivity contribution is 5.10. The summed E-state index contributed by atoms with van der Waals surface area (Å²) >= 11 is 0. The summed E-state index contributed by atoms with van der Waals surface area (Å²) in [7, 11) is 0. The molecule has 0 amide bonds. The second kappa shape index (κ2) is 8.97. The fraction of sp³-hybridized carbons (Fsp3) is 0.692. The number of aromatic nitrogens is 2. The molecular weight excluding hydrogens is 230 g/mol. The maximum Gasteiger partial charge on any atom is 0.176 e. The Kier molecular flexibility index (Phi) is 7.48. The maximum atomic E-state index is 5.66. The van der Waals surface area contributed by atoms with Crippen molar-refractivity contribution in [1.82, 2.24) is 15.3 Å². The Labute approximate surface area is 109 Å². The molecule has 0 aliphatic carbocycles. The lowest BCUT2D eigenvalue weighted by molar-refractivity contribution is -0.155. The number of rotatable bonds is 9. The Morgan fingerprint density at radius 2 is 1.72 bits per heavy atom. The van der Waals surface area contributed by atoms with E-state index in [1.165, 1.54) is 6.33 Å². The van der Waals surface area contributed by atoms with Crippen LogP contribution < -0.4 is 5.32 Å². The zero-order valence-corrected chi connectivity index (χ0v) is 11.4. The highest BCUT2D eigenvalue weighted by Crippen LogP contribution is 2.19. The summed E-state index contributed by atoms with van der Waals surface area (Å²) in [4.78, 5) is 8.11. The molecule has 5 nitrogen and oxygen atoms in total. The first-order valence-electron chi connectivity index (χ1n) is 6.54. The molecule has 0 aliphatic rings. The lowest BCUT2D eigenvalue weighted by atomic mass is 10.1. The molecule has 1 atom stereocenters. The van der Waals surface area contributed by atoms with Crippen molar-refractivity contribution in [1.29, 1.82) is 0 Å². The van der Waals surface area contributed by atoms with E-state index in [9.17, 15) is 0 Å². The lowest BCUT2D eigenvalue weighted by Gasteiger charge is -2.27. The number of ether oxygens (including phenoxy) is 2. The predicted octanol–water partition coefficient (Wildman–Crippen LogP) is 1.92. The van der Waals surface area contributed by atoms with Gasteiger partial charge in [0.1, 0.15) is 6.33 Å². The molecule has 5 heteroatoms. The van der Waals surface area contributed by atoms with E-state index in [-0.39, 0.29) is 12.3 Å². The Hall–Kier alpha value is -1.04. The van der Waals surface area contributed by atoms with Crippen molar-refractivity contribution in [2.75, 3.05) is 19.8 Å². The molecule has 1 N–H and O–H groups in total. The Bertz CT molecular complexity index is 302. The van der Waals surface area contributed by atoms with Gasteiger partial charge in [-0.15, -0.1) is 0 Å². The van der Waals surface area contributed by atoms with E-state index < -0.39 is 0 Å². The zero-order chi connectivity index (χ0) is 13.2. The van der Waals surface area contributed by atoms with Gasteiger partial charge in [-0.25, -0.2) is 9.97 Å². The minimum absolute atomic E-state index is 0.0361. The molecule has 0 aromatic carbocycles. The van der Waals surface area contributed by atoms with Crippen molar-refractivity contribution < 1.29 is 9.47 Å². The largest absolute Gasteiger partial charge is 0.351 e. The van der Waals surface area contributed by atoms with E-state index in [1.54, 1.807) is 12.4 Å². The first-order chi connectivity index (χ1) is 8.83. The second-order valence-corrected chi connectivity index (χ2v) is 3.88. The minimum atomic E-state index is -0.308. The number of nitrogens with one attached hydrogen (secondary N) is 1. The van der Waals surface area contributed by atoms with Crippen LogP contribution in [0.2, 0.25) is 0 Å². The molecule has 0 aliphatic heterocycles. The monoisotopic (exact) mass is 253 g/mol. The molecular formula is C13H23N3O2. The first kappa shape index (κ1) is 15.0. The standard InChI is InChI=1S/C13H23N3O2/c1-4-7-16-12(11-8-14-10-15-9-11)13(17-5-2)18-6-3/h8-10,12-13,16H,4-7H2,1-3H3. The summed E-state index contributed by atoms with van der Waals surface area (Å²) < 4.78 is 11.3. The fourth-order valence-electron chi connectivity index (χ4n) is 1.71. The molecule has 102 valence electrons. The van der Waals surface area contributed by atoms with Gasteiger partial charge in [0, 0.05) is 31.2 Å². The van der Waals surface area contributed by atoms with Crippen LogP contribution in [0.15, 0.2) is 18.7 Å². The minimum Gasteiger partial charge on any atom is -0.351 e. The van der Waals surface area contributed by atoms with E-state index in [2.05, 4.69) is 22.2 Å². The summed E-state index contributed by atoms with van der Waals surface area (Å²) in [6.07, 6.45) is 5.86. The van der Waals surface area contributed by atoms with Crippen molar-refractivity contribution in [3.8, 4) is 0 Å². The maximum absolute atomic E-state index is 5.66. The molecule has 0 spiro atoms. The second-order valence-electron chi connectivity index (χ2n) is 3.88. The van der Waals surface area contributed by atoms with Crippen LogP contribution in [0.5, 0.6) is 0 Å². The van der Waals surface area contributed by atoms with E-state index in [4.69, 9.17) is 9.47 Å². The van der Waals surface area contributed by atoms with Crippen LogP contribution in [-0.2, 0) is 9.47 Å². The van der Waals surface area contributed by atoms with Gasteiger partial charge in [0.2, 0.25) is 0 Å². The third-order valence-corrected chi connectivity index (χ3v) is 2.49. The third-order valence-electron chi connectivity index (χ3n) is 2.49. The van der Waals surface area contributed by atoms with Gasteiger partial charge in [0.25, 0.3) is 0 Å². The van der Waals surface area contributed by atoms with Crippen molar-refractivity contribution in [3.05, 3.63) is 24.3 Å². The van der Waals surface area contributed by atoms with Gasteiger partial charge in [0.05, 0.1) is 6.04 Å². The van der Waals surface area contributed by atoms with Crippen molar-refractivity contribution in [2.45, 2.75) is 39.5 Å². The summed E-state index contributed by atoms with van der Waals surface area (Å²) in [6.45, 7) is 8.18.